The van der Waals surface area contributed by atoms with Gasteiger partial charge in [-0.1, -0.05) is 44.7 Å². The molecule has 0 aliphatic heterocycles. The van der Waals surface area contributed by atoms with Crippen LogP contribution in [0.25, 0.3) is 6.08 Å². The third-order valence-electron chi connectivity index (χ3n) is 6.32. The van der Waals surface area contributed by atoms with Crippen molar-refractivity contribution in [2.45, 2.75) is 64.9 Å². The molecule has 4 N–H and O–H groups in total. The summed E-state index contributed by atoms with van der Waals surface area (Å²) in [6.45, 7) is 2.32. The van der Waals surface area contributed by atoms with Crippen LogP contribution < -0.4 is 16.2 Å². The summed E-state index contributed by atoms with van der Waals surface area (Å²) in [7, 11) is 0. The fourth-order valence-electron chi connectivity index (χ4n) is 4.41. The summed E-state index contributed by atoms with van der Waals surface area (Å²) in [4.78, 5) is 24.6. The van der Waals surface area contributed by atoms with Crippen LogP contribution in [0.3, 0.4) is 0 Å². The lowest BCUT2D eigenvalue weighted by atomic mass is 9.80. The molecule has 0 unspecified atom stereocenters. The SMILES string of the molecule is CCCCCC1CCC(C(=O)Oc2ccc(/C=C/C(=O)OCc3cc(N)cc(N)c3)cc2)CC1. The number of hydrogen-bond donors (Lipinski definition) is 2. The van der Waals surface area contributed by atoms with Gasteiger partial charge in [-0.15, -0.1) is 0 Å². The van der Waals surface area contributed by atoms with Crippen molar-refractivity contribution in [2.75, 3.05) is 11.5 Å². The third kappa shape index (κ3) is 8.25. The lowest BCUT2D eigenvalue weighted by Crippen LogP contribution is -2.25. The first-order chi connectivity index (χ1) is 16.4. The molecule has 0 spiro atoms. The molecule has 0 saturated heterocycles. The third-order valence-corrected chi connectivity index (χ3v) is 6.32. The van der Waals surface area contributed by atoms with E-state index in [1.54, 1.807) is 48.5 Å². The van der Waals surface area contributed by atoms with Crippen molar-refractivity contribution < 1.29 is 19.1 Å². The molecule has 0 heterocycles. The predicted octanol–water partition coefficient (Wildman–Crippen LogP) is 5.90. The number of nitrogens with two attached hydrogens (primary N) is 2. The van der Waals surface area contributed by atoms with Gasteiger partial charge in [0.25, 0.3) is 0 Å². The molecule has 0 bridgehead atoms. The van der Waals surface area contributed by atoms with E-state index in [1.165, 1.54) is 31.8 Å². The second-order valence-corrected chi connectivity index (χ2v) is 9.15. The van der Waals surface area contributed by atoms with Gasteiger partial charge in [-0.2, -0.15) is 0 Å². The van der Waals surface area contributed by atoms with Crippen LogP contribution >= 0.6 is 0 Å². The second-order valence-electron chi connectivity index (χ2n) is 9.15. The van der Waals surface area contributed by atoms with Crippen molar-refractivity contribution in [1.29, 1.82) is 0 Å². The highest BCUT2D eigenvalue weighted by Gasteiger charge is 2.27. The van der Waals surface area contributed by atoms with E-state index in [-0.39, 0.29) is 18.5 Å². The van der Waals surface area contributed by atoms with Crippen molar-refractivity contribution in [3.05, 3.63) is 59.7 Å². The minimum atomic E-state index is -0.471. The Morgan fingerprint density at radius 2 is 1.65 bits per heavy atom. The highest BCUT2D eigenvalue weighted by atomic mass is 16.5. The van der Waals surface area contributed by atoms with E-state index in [1.807, 2.05) is 0 Å². The number of rotatable bonds is 10. The number of esters is 2. The number of hydrogen-bond acceptors (Lipinski definition) is 6. The molecule has 0 aromatic heterocycles. The molecule has 1 aliphatic carbocycles. The monoisotopic (exact) mass is 464 g/mol. The molecule has 2 aromatic carbocycles. The van der Waals surface area contributed by atoms with E-state index in [4.69, 9.17) is 20.9 Å². The van der Waals surface area contributed by atoms with Gasteiger partial charge in [0.1, 0.15) is 12.4 Å². The molecule has 3 rings (SSSR count). The first kappa shape index (κ1) is 25.3. The van der Waals surface area contributed by atoms with Gasteiger partial charge >= 0.3 is 11.9 Å². The quantitative estimate of drug-likeness (QED) is 0.149. The lowest BCUT2D eigenvalue weighted by molar-refractivity contribution is -0.140. The van der Waals surface area contributed by atoms with Crippen LogP contribution in [0, 0.1) is 11.8 Å². The molecule has 0 amide bonds. The zero-order valence-corrected chi connectivity index (χ0v) is 20.0. The number of ether oxygens (including phenoxy) is 2. The first-order valence-corrected chi connectivity index (χ1v) is 12.2. The maximum absolute atomic E-state index is 12.6. The van der Waals surface area contributed by atoms with E-state index in [0.29, 0.717) is 17.1 Å². The summed E-state index contributed by atoms with van der Waals surface area (Å²) >= 11 is 0. The number of benzene rings is 2. The van der Waals surface area contributed by atoms with E-state index in [0.717, 1.165) is 42.7 Å². The fraction of sp³-hybridized carbons (Fsp3) is 0.429. The van der Waals surface area contributed by atoms with Gasteiger partial charge in [-0.25, -0.2) is 4.79 Å². The molecule has 0 atom stereocenters. The van der Waals surface area contributed by atoms with Crippen LogP contribution in [0.4, 0.5) is 11.4 Å². The summed E-state index contributed by atoms with van der Waals surface area (Å²) in [6.07, 6.45) is 12.2. The molecule has 1 fully saturated rings. The fourth-order valence-corrected chi connectivity index (χ4v) is 4.41. The van der Waals surface area contributed by atoms with Gasteiger partial charge in [-0.05, 0) is 79.1 Å². The molecule has 2 aromatic rings. The summed E-state index contributed by atoms with van der Waals surface area (Å²) in [5, 5.41) is 0. The average Bonchev–Trinajstić information content (AvgIpc) is 2.82. The van der Waals surface area contributed by atoms with E-state index < -0.39 is 5.97 Å². The van der Waals surface area contributed by atoms with Crippen LogP contribution in [0.5, 0.6) is 5.75 Å². The Labute approximate surface area is 202 Å². The number of anilines is 2. The average molecular weight is 465 g/mol. The second kappa shape index (κ2) is 12.8. The van der Waals surface area contributed by atoms with Gasteiger partial charge in [0, 0.05) is 17.5 Å². The summed E-state index contributed by atoms with van der Waals surface area (Å²) in [5.74, 6) is 0.668. The van der Waals surface area contributed by atoms with Crippen molar-refractivity contribution in [3.8, 4) is 5.75 Å². The van der Waals surface area contributed by atoms with Crippen LogP contribution in [0.2, 0.25) is 0 Å². The zero-order valence-electron chi connectivity index (χ0n) is 20.0. The molecular formula is C28H36N2O4. The normalized spacial score (nSPS) is 18.0. The maximum Gasteiger partial charge on any atom is 0.331 e. The Kier molecular flexibility index (Phi) is 9.56. The van der Waals surface area contributed by atoms with Gasteiger partial charge in [-0.3, -0.25) is 4.79 Å². The highest BCUT2D eigenvalue weighted by molar-refractivity contribution is 5.87. The first-order valence-electron chi connectivity index (χ1n) is 12.2. The van der Waals surface area contributed by atoms with Gasteiger partial charge in [0.15, 0.2) is 0 Å². The van der Waals surface area contributed by atoms with Crippen LogP contribution in [-0.2, 0) is 20.9 Å². The minimum absolute atomic E-state index is 0.00733. The highest BCUT2D eigenvalue weighted by Crippen LogP contribution is 2.33. The number of carbonyl (C=O) groups is 2. The minimum Gasteiger partial charge on any atom is -0.458 e. The van der Waals surface area contributed by atoms with Crippen molar-refractivity contribution >= 4 is 29.4 Å². The van der Waals surface area contributed by atoms with E-state index in [2.05, 4.69) is 6.92 Å². The maximum atomic E-state index is 12.6. The van der Waals surface area contributed by atoms with Crippen molar-refractivity contribution in [2.24, 2.45) is 11.8 Å². The van der Waals surface area contributed by atoms with Crippen molar-refractivity contribution in [1.82, 2.24) is 0 Å². The van der Waals surface area contributed by atoms with E-state index >= 15 is 0 Å². The molecule has 1 aliphatic rings. The molecule has 6 nitrogen and oxygen atoms in total. The van der Waals surface area contributed by atoms with Crippen LogP contribution in [0.15, 0.2) is 48.5 Å². The number of unbranched alkanes of at least 4 members (excludes halogenated alkanes) is 2. The van der Waals surface area contributed by atoms with E-state index in [9.17, 15) is 9.59 Å². The molecule has 34 heavy (non-hydrogen) atoms. The lowest BCUT2D eigenvalue weighted by Gasteiger charge is -2.27. The summed E-state index contributed by atoms with van der Waals surface area (Å²) in [5.41, 5.74) is 14.1. The van der Waals surface area contributed by atoms with Crippen LogP contribution in [0.1, 0.15) is 69.4 Å². The van der Waals surface area contributed by atoms with Gasteiger partial charge < -0.3 is 20.9 Å². The topological polar surface area (TPSA) is 105 Å². The molecule has 1 saturated carbocycles. The molecule has 182 valence electrons. The Bertz CT molecular complexity index is 956. The Balaban J connectivity index is 1.41. The summed E-state index contributed by atoms with van der Waals surface area (Å²) < 4.78 is 10.8. The Hall–Kier alpha value is -3.28. The number of carbonyl (C=O) groups excluding carboxylic acids is 2. The zero-order chi connectivity index (χ0) is 24.3. The molecule has 6 heteroatoms. The molecule has 0 radical (unpaired) electrons. The van der Waals surface area contributed by atoms with Gasteiger partial charge in [0.05, 0.1) is 5.92 Å². The van der Waals surface area contributed by atoms with Crippen molar-refractivity contribution in [3.63, 3.8) is 0 Å². The Morgan fingerprint density at radius 1 is 0.971 bits per heavy atom. The largest absolute Gasteiger partial charge is 0.458 e. The molecular weight excluding hydrogens is 428 g/mol. The van der Waals surface area contributed by atoms with Crippen LogP contribution in [-0.4, -0.2) is 11.9 Å². The standard InChI is InChI=1S/C28H36N2O4/c1-2-3-4-5-20-6-11-23(12-7-20)28(32)34-26-13-8-21(9-14-26)10-15-27(31)33-19-22-16-24(29)18-25(30)17-22/h8-10,13-18,20,23H,2-7,11-12,19,29-30H2,1H3/b15-10+. The smallest absolute Gasteiger partial charge is 0.331 e. The predicted molar refractivity (Wildman–Crippen MR) is 136 cm³/mol. The van der Waals surface area contributed by atoms with Gasteiger partial charge in [0.2, 0.25) is 0 Å². The number of nitrogen functional groups attached to an aromatic ring is 2. The Morgan fingerprint density at radius 3 is 2.29 bits per heavy atom. The summed E-state index contributed by atoms with van der Waals surface area (Å²) in [6, 6.07) is 12.2.